The van der Waals surface area contributed by atoms with Gasteiger partial charge in [0, 0.05) is 13.2 Å². The van der Waals surface area contributed by atoms with Crippen molar-refractivity contribution >= 4 is 0 Å². The van der Waals surface area contributed by atoms with Gasteiger partial charge in [0.1, 0.15) is 0 Å². The minimum atomic E-state index is 0.571. The molecule has 1 aliphatic carbocycles. The Morgan fingerprint density at radius 2 is 1.92 bits per heavy atom. The van der Waals surface area contributed by atoms with Gasteiger partial charge in [-0.25, -0.2) is 0 Å². The third-order valence-corrected chi connectivity index (χ3v) is 3.45. The fourth-order valence-corrected chi connectivity index (χ4v) is 2.23. The summed E-state index contributed by atoms with van der Waals surface area (Å²) in [6.45, 7) is 2.86. The van der Waals surface area contributed by atoms with Gasteiger partial charge in [0.2, 0.25) is 0 Å². The highest BCUT2D eigenvalue weighted by molar-refractivity contribution is 4.95. The second-order valence-corrected chi connectivity index (χ2v) is 4.46. The lowest BCUT2D eigenvalue weighted by Crippen LogP contribution is -2.23. The second kappa shape index (κ2) is 3.35. The van der Waals surface area contributed by atoms with E-state index in [0.29, 0.717) is 5.41 Å². The third kappa shape index (κ3) is 1.80. The van der Waals surface area contributed by atoms with Gasteiger partial charge < -0.3 is 10.5 Å². The predicted octanol–water partition coefficient (Wildman–Crippen LogP) is 1.54. The maximum absolute atomic E-state index is 5.75. The predicted molar refractivity (Wildman–Crippen MR) is 48.9 cm³/mol. The molecular weight excluding hydrogens is 150 g/mol. The van der Waals surface area contributed by atoms with Crippen LogP contribution in [0.3, 0.4) is 0 Å². The van der Waals surface area contributed by atoms with Crippen LogP contribution in [-0.2, 0) is 4.74 Å². The summed E-state index contributed by atoms with van der Waals surface area (Å²) in [5.74, 6) is 0.907. The van der Waals surface area contributed by atoms with Gasteiger partial charge in [-0.2, -0.15) is 0 Å². The molecule has 1 aliphatic heterocycles. The summed E-state index contributed by atoms with van der Waals surface area (Å²) in [7, 11) is 0. The third-order valence-electron chi connectivity index (χ3n) is 3.45. The van der Waals surface area contributed by atoms with Gasteiger partial charge in [-0.3, -0.25) is 0 Å². The Bertz CT molecular complexity index is 148. The highest BCUT2D eigenvalue weighted by atomic mass is 16.5. The van der Waals surface area contributed by atoms with Crippen molar-refractivity contribution in [3.63, 3.8) is 0 Å². The van der Waals surface area contributed by atoms with E-state index in [0.717, 1.165) is 25.7 Å². The standard InChI is InChI=1S/C10H19NO/c11-8-10(3-4-10)7-9-1-5-12-6-2-9/h9H,1-8,11H2. The molecule has 2 aliphatic rings. The molecule has 0 atom stereocenters. The van der Waals surface area contributed by atoms with Gasteiger partial charge in [0.25, 0.3) is 0 Å². The van der Waals surface area contributed by atoms with Crippen LogP contribution in [-0.4, -0.2) is 19.8 Å². The zero-order chi connectivity index (χ0) is 8.44. The molecule has 0 amide bonds. The molecule has 0 aromatic heterocycles. The van der Waals surface area contributed by atoms with Crippen LogP contribution in [0.1, 0.15) is 32.1 Å². The molecule has 2 N–H and O–H groups in total. The molecule has 70 valence electrons. The van der Waals surface area contributed by atoms with Crippen molar-refractivity contribution in [2.45, 2.75) is 32.1 Å². The van der Waals surface area contributed by atoms with Crippen LogP contribution in [0.2, 0.25) is 0 Å². The first kappa shape index (κ1) is 8.52. The normalized spacial score (nSPS) is 28.8. The first-order valence-electron chi connectivity index (χ1n) is 5.12. The van der Waals surface area contributed by atoms with Crippen molar-refractivity contribution < 1.29 is 4.74 Å². The SMILES string of the molecule is NCC1(CC2CCOCC2)CC1. The van der Waals surface area contributed by atoms with Crippen LogP contribution in [0, 0.1) is 11.3 Å². The monoisotopic (exact) mass is 169 g/mol. The Kier molecular flexibility index (Phi) is 2.37. The Morgan fingerprint density at radius 1 is 1.25 bits per heavy atom. The Hall–Kier alpha value is -0.0800. The summed E-state index contributed by atoms with van der Waals surface area (Å²) < 4.78 is 5.34. The maximum Gasteiger partial charge on any atom is 0.0468 e. The lowest BCUT2D eigenvalue weighted by molar-refractivity contribution is 0.0574. The molecule has 1 saturated carbocycles. The van der Waals surface area contributed by atoms with Gasteiger partial charge in [-0.15, -0.1) is 0 Å². The van der Waals surface area contributed by atoms with Gasteiger partial charge in [-0.1, -0.05) is 0 Å². The van der Waals surface area contributed by atoms with E-state index in [1.54, 1.807) is 0 Å². The van der Waals surface area contributed by atoms with Crippen molar-refractivity contribution in [1.82, 2.24) is 0 Å². The van der Waals surface area contributed by atoms with Crippen molar-refractivity contribution in [3.05, 3.63) is 0 Å². The zero-order valence-electron chi connectivity index (χ0n) is 7.72. The fraction of sp³-hybridized carbons (Fsp3) is 1.00. The van der Waals surface area contributed by atoms with Gasteiger partial charge in [0.05, 0.1) is 0 Å². The highest BCUT2D eigenvalue weighted by Gasteiger charge is 2.42. The minimum Gasteiger partial charge on any atom is -0.381 e. The highest BCUT2D eigenvalue weighted by Crippen LogP contribution is 2.50. The van der Waals surface area contributed by atoms with E-state index in [-0.39, 0.29) is 0 Å². The number of rotatable bonds is 3. The molecule has 2 rings (SSSR count). The summed E-state index contributed by atoms with van der Waals surface area (Å²) in [5.41, 5.74) is 6.33. The topological polar surface area (TPSA) is 35.2 Å². The van der Waals surface area contributed by atoms with Crippen molar-refractivity contribution in [1.29, 1.82) is 0 Å². The van der Waals surface area contributed by atoms with E-state index in [2.05, 4.69) is 0 Å². The van der Waals surface area contributed by atoms with Gasteiger partial charge >= 0.3 is 0 Å². The zero-order valence-corrected chi connectivity index (χ0v) is 7.72. The van der Waals surface area contributed by atoms with E-state index in [4.69, 9.17) is 10.5 Å². The summed E-state index contributed by atoms with van der Waals surface area (Å²) >= 11 is 0. The fourth-order valence-electron chi connectivity index (χ4n) is 2.23. The van der Waals surface area contributed by atoms with E-state index >= 15 is 0 Å². The number of nitrogens with two attached hydrogens (primary N) is 1. The van der Waals surface area contributed by atoms with Crippen LogP contribution in [0.5, 0.6) is 0 Å². The van der Waals surface area contributed by atoms with E-state index in [9.17, 15) is 0 Å². The smallest absolute Gasteiger partial charge is 0.0468 e. The van der Waals surface area contributed by atoms with E-state index in [1.807, 2.05) is 0 Å². The molecule has 0 aromatic rings. The molecule has 0 spiro atoms. The van der Waals surface area contributed by atoms with Gasteiger partial charge in [0.15, 0.2) is 0 Å². The molecule has 2 heteroatoms. The molecule has 12 heavy (non-hydrogen) atoms. The van der Waals surface area contributed by atoms with Crippen LogP contribution in [0.15, 0.2) is 0 Å². The van der Waals surface area contributed by atoms with E-state index in [1.165, 1.54) is 32.1 Å². The lowest BCUT2D eigenvalue weighted by atomic mass is 9.87. The Balaban J connectivity index is 1.77. The quantitative estimate of drug-likeness (QED) is 0.695. The summed E-state index contributed by atoms with van der Waals surface area (Å²) in [6.07, 6.45) is 6.65. The number of hydrogen-bond donors (Lipinski definition) is 1. The second-order valence-electron chi connectivity index (χ2n) is 4.46. The van der Waals surface area contributed by atoms with E-state index < -0.39 is 0 Å². The van der Waals surface area contributed by atoms with Crippen LogP contribution >= 0.6 is 0 Å². The Morgan fingerprint density at radius 3 is 2.42 bits per heavy atom. The molecule has 0 bridgehead atoms. The molecule has 1 saturated heterocycles. The molecule has 2 fully saturated rings. The van der Waals surface area contributed by atoms with Crippen molar-refractivity contribution in [2.24, 2.45) is 17.1 Å². The summed E-state index contributed by atoms with van der Waals surface area (Å²) in [6, 6.07) is 0. The molecule has 2 nitrogen and oxygen atoms in total. The lowest BCUT2D eigenvalue weighted by Gasteiger charge is -2.25. The maximum atomic E-state index is 5.75. The van der Waals surface area contributed by atoms with Crippen molar-refractivity contribution in [3.8, 4) is 0 Å². The molecule has 0 unspecified atom stereocenters. The van der Waals surface area contributed by atoms with Crippen LogP contribution in [0.25, 0.3) is 0 Å². The molecule has 0 aromatic carbocycles. The number of hydrogen-bond acceptors (Lipinski definition) is 2. The van der Waals surface area contributed by atoms with Crippen molar-refractivity contribution in [2.75, 3.05) is 19.8 Å². The molecule has 0 radical (unpaired) electrons. The number of ether oxygens (including phenoxy) is 1. The largest absolute Gasteiger partial charge is 0.381 e. The molecular formula is C10H19NO. The summed E-state index contributed by atoms with van der Waals surface area (Å²) in [5, 5.41) is 0. The average Bonchev–Trinajstić information content (AvgIpc) is 2.88. The Labute approximate surface area is 74.5 Å². The van der Waals surface area contributed by atoms with Gasteiger partial charge in [-0.05, 0) is 50.0 Å². The minimum absolute atomic E-state index is 0.571. The van der Waals surface area contributed by atoms with Crippen LogP contribution in [0.4, 0.5) is 0 Å². The molecule has 1 heterocycles. The first-order valence-corrected chi connectivity index (χ1v) is 5.12. The summed E-state index contributed by atoms with van der Waals surface area (Å²) in [4.78, 5) is 0. The average molecular weight is 169 g/mol. The first-order chi connectivity index (χ1) is 5.85. The van der Waals surface area contributed by atoms with Crippen LogP contribution < -0.4 is 5.73 Å².